The van der Waals surface area contributed by atoms with Gasteiger partial charge in [-0.2, -0.15) is 4.98 Å². The number of aromatic nitrogens is 2. The highest BCUT2D eigenvalue weighted by molar-refractivity contribution is 5.76. The Morgan fingerprint density at radius 3 is 2.88 bits per heavy atom. The fourth-order valence-electron chi connectivity index (χ4n) is 3.91. The van der Waals surface area contributed by atoms with E-state index in [1.165, 1.54) is 18.9 Å². The molecule has 1 aromatic carbocycles. The summed E-state index contributed by atoms with van der Waals surface area (Å²) in [7, 11) is 0. The number of hydrogen-bond acceptors (Lipinski definition) is 4. The van der Waals surface area contributed by atoms with Gasteiger partial charge in [0.05, 0.1) is 0 Å². The smallest absolute Gasteiger partial charge is 0.227 e. The van der Waals surface area contributed by atoms with Gasteiger partial charge >= 0.3 is 0 Å². The fourth-order valence-corrected chi connectivity index (χ4v) is 3.91. The van der Waals surface area contributed by atoms with Crippen LogP contribution in [0.2, 0.25) is 0 Å². The lowest BCUT2D eigenvalue weighted by Crippen LogP contribution is -2.36. The third kappa shape index (κ3) is 3.48. The van der Waals surface area contributed by atoms with Gasteiger partial charge in [-0.1, -0.05) is 18.0 Å². The molecule has 1 amide bonds. The molecule has 0 saturated heterocycles. The first-order valence-corrected chi connectivity index (χ1v) is 9.17. The number of amides is 1. The highest BCUT2D eigenvalue weighted by Crippen LogP contribution is 2.32. The summed E-state index contributed by atoms with van der Waals surface area (Å²) in [5, 5.41) is 4.04. The number of aryl methyl sites for hydroxylation is 1. The molecule has 2 aromatic rings. The van der Waals surface area contributed by atoms with Crippen molar-refractivity contribution >= 4 is 5.91 Å². The van der Waals surface area contributed by atoms with Crippen LogP contribution in [0.25, 0.3) is 0 Å². The Morgan fingerprint density at radius 1 is 1.27 bits per heavy atom. The van der Waals surface area contributed by atoms with Crippen LogP contribution >= 0.6 is 0 Å². The lowest BCUT2D eigenvalue weighted by atomic mass is 9.98. The minimum atomic E-state index is -0.610. The summed E-state index contributed by atoms with van der Waals surface area (Å²) in [5.74, 6) is 0.406. The standard InChI is InChI=1S/C19H21F2N3O2/c20-14-9-13-11-24(8-7-15(13)16(21)10-14)18(25)6-5-17-22-19(23-26-17)12-3-1-2-4-12/h9-10,12H,1-8,11H2. The molecule has 0 unspecified atom stereocenters. The van der Waals surface area contributed by atoms with Crippen molar-refractivity contribution in [3.8, 4) is 0 Å². The van der Waals surface area contributed by atoms with Gasteiger partial charge in [-0.25, -0.2) is 8.78 Å². The highest BCUT2D eigenvalue weighted by Gasteiger charge is 2.25. The van der Waals surface area contributed by atoms with Crippen LogP contribution in [0.5, 0.6) is 0 Å². The van der Waals surface area contributed by atoms with Crippen molar-refractivity contribution in [2.24, 2.45) is 0 Å². The minimum Gasteiger partial charge on any atom is -0.339 e. The van der Waals surface area contributed by atoms with E-state index in [0.29, 0.717) is 42.3 Å². The lowest BCUT2D eigenvalue weighted by Gasteiger charge is -2.29. The molecule has 0 bridgehead atoms. The molecule has 0 spiro atoms. The first kappa shape index (κ1) is 17.1. The summed E-state index contributed by atoms with van der Waals surface area (Å²) in [4.78, 5) is 18.5. The van der Waals surface area contributed by atoms with Gasteiger partial charge in [-0.05, 0) is 36.5 Å². The summed E-state index contributed by atoms with van der Waals surface area (Å²) in [5.41, 5.74) is 1.05. The first-order chi connectivity index (χ1) is 12.6. The Kier molecular flexibility index (Phi) is 4.70. The Labute approximate surface area is 150 Å². The first-order valence-electron chi connectivity index (χ1n) is 9.17. The van der Waals surface area contributed by atoms with E-state index >= 15 is 0 Å². The van der Waals surface area contributed by atoms with E-state index in [0.717, 1.165) is 24.7 Å². The van der Waals surface area contributed by atoms with Crippen molar-refractivity contribution in [1.82, 2.24) is 15.0 Å². The maximum absolute atomic E-state index is 13.8. The number of nitrogens with zero attached hydrogens (tertiary/aromatic N) is 3. The quantitative estimate of drug-likeness (QED) is 0.836. The third-order valence-electron chi connectivity index (χ3n) is 5.36. The van der Waals surface area contributed by atoms with Crippen LogP contribution in [0.3, 0.4) is 0 Å². The maximum Gasteiger partial charge on any atom is 0.227 e. The van der Waals surface area contributed by atoms with Crippen molar-refractivity contribution in [1.29, 1.82) is 0 Å². The van der Waals surface area contributed by atoms with Crippen LogP contribution in [0, 0.1) is 11.6 Å². The summed E-state index contributed by atoms with van der Waals surface area (Å²) < 4.78 is 32.5. The van der Waals surface area contributed by atoms with Crippen LogP contribution in [0.1, 0.15) is 60.9 Å². The largest absolute Gasteiger partial charge is 0.339 e. The van der Waals surface area contributed by atoms with Crippen molar-refractivity contribution in [3.05, 3.63) is 46.6 Å². The average molecular weight is 361 g/mol. The Morgan fingerprint density at radius 2 is 2.08 bits per heavy atom. The number of halogens is 2. The molecule has 1 aliphatic heterocycles. The number of benzene rings is 1. The number of carbonyl (C=O) groups is 1. The summed E-state index contributed by atoms with van der Waals surface area (Å²) in [6.45, 7) is 0.672. The number of hydrogen-bond donors (Lipinski definition) is 0. The molecule has 0 N–H and O–H groups in total. The van der Waals surface area contributed by atoms with Gasteiger partial charge in [0.25, 0.3) is 0 Å². The van der Waals surface area contributed by atoms with Crippen molar-refractivity contribution in [2.75, 3.05) is 6.54 Å². The van der Waals surface area contributed by atoms with Crippen molar-refractivity contribution in [2.45, 2.75) is 57.4 Å². The molecule has 2 heterocycles. The van der Waals surface area contributed by atoms with Crippen LogP contribution in [-0.2, 0) is 24.2 Å². The van der Waals surface area contributed by atoms with Crippen LogP contribution in [0.15, 0.2) is 16.7 Å². The zero-order chi connectivity index (χ0) is 18.1. The fraction of sp³-hybridized carbons (Fsp3) is 0.526. The monoisotopic (exact) mass is 361 g/mol. The zero-order valence-electron chi connectivity index (χ0n) is 14.5. The number of rotatable bonds is 4. The predicted molar refractivity (Wildman–Crippen MR) is 89.3 cm³/mol. The normalized spacial score (nSPS) is 17.5. The van der Waals surface area contributed by atoms with Crippen LogP contribution in [-0.4, -0.2) is 27.5 Å². The van der Waals surface area contributed by atoms with E-state index in [9.17, 15) is 13.6 Å². The summed E-state index contributed by atoms with van der Waals surface area (Å²) in [6.07, 6.45) is 5.63. The molecule has 1 fully saturated rings. The summed E-state index contributed by atoms with van der Waals surface area (Å²) in [6, 6.07) is 2.21. The average Bonchev–Trinajstić information content (AvgIpc) is 3.30. The lowest BCUT2D eigenvalue weighted by molar-refractivity contribution is -0.132. The maximum atomic E-state index is 13.8. The van der Waals surface area contributed by atoms with Gasteiger partial charge in [-0.3, -0.25) is 4.79 Å². The van der Waals surface area contributed by atoms with E-state index in [2.05, 4.69) is 10.1 Å². The topological polar surface area (TPSA) is 59.2 Å². The van der Waals surface area contributed by atoms with Crippen molar-refractivity contribution in [3.63, 3.8) is 0 Å². The Hall–Kier alpha value is -2.31. The van der Waals surface area contributed by atoms with E-state index in [-0.39, 0.29) is 18.9 Å². The minimum absolute atomic E-state index is 0.0686. The van der Waals surface area contributed by atoms with Gasteiger partial charge < -0.3 is 9.42 Å². The second-order valence-corrected chi connectivity index (χ2v) is 7.12. The van der Waals surface area contributed by atoms with E-state index < -0.39 is 11.6 Å². The molecule has 7 heteroatoms. The van der Waals surface area contributed by atoms with E-state index in [1.807, 2.05) is 0 Å². The molecule has 1 aromatic heterocycles. The van der Waals surface area contributed by atoms with Gasteiger partial charge in [0, 0.05) is 37.9 Å². The number of carbonyl (C=O) groups excluding carboxylic acids is 1. The molecule has 1 saturated carbocycles. The summed E-state index contributed by atoms with van der Waals surface area (Å²) >= 11 is 0. The van der Waals surface area contributed by atoms with E-state index in [4.69, 9.17) is 4.52 Å². The SMILES string of the molecule is O=C(CCc1nc(C2CCCC2)no1)N1CCc2c(F)cc(F)cc2C1. The molecule has 1 aliphatic carbocycles. The number of fused-ring (bicyclic) bond motifs is 1. The highest BCUT2D eigenvalue weighted by atomic mass is 19.1. The molecular formula is C19H21F2N3O2. The molecule has 2 aliphatic rings. The Balaban J connectivity index is 1.35. The predicted octanol–water partition coefficient (Wildman–Crippen LogP) is 3.52. The zero-order valence-corrected chi connectivity index (χ0v) is 14.5. The van der Waals surface area contributed by atoms with Gasteiger partial charge in [0.1, 0.15) is 11.6 Å². The van der Waals surface area contributed by atoms with Crippen LogP contribution in [0.4, 0.5) is 8.78 Å². The van der Waals surface area contributed by atoms with Gasteiger partial charge in [0.15, 0.2) is 5.82 Å². The second-order valence-electron chi connectivity index (χ2n) is 7.12. The van der Waals surface area contributed by atoms with Crippen LogP contribution < -0.4 is 0 Å². The van der Waals surface area contributed by atoms with Gasteiger partial charge in [0.2, 0.25) is 11.8 Å². The van der Waals surface area contributed by atoms with Gasteiger partial charge in [-0.15, -0.1) is 0 Å². The van der Waals surface area contributed by atoms with E-state index in [1.54, 1.807) is 4.90 Å². The molecular weight excluding hydrogens is 340 g/mol. The third-order valence-corrected chi connectivity index (χ3v) is 5.36. The molecule has 4 rings (SSSR count). The second kappa shape index (κ2) is 7.13. The van der Waals surface area contributed by atoms with Crippen molar-refractivity contribution < 1.29 is 18.1 Å². The molecule has 5 nitrogen and oxygen atoms in total. The molecule has 0 atom stereocenters. The molecule has 138 valence electrons. The Bertz CT molecular complexity index is 815. The molecule has 0 radical (unpaired) electrons. The molecule has 26 heavy (non-hydrogen) atoms.